The molecule has 3 rings (SSSR count). The minimum atomic E-state index is -3.87. The Hall–Kier alpha value is -2.67. The Bertz CT molecular complexity index is 960. The van der Waals surface area contributed by atoms with Gasteiger partial charge in [-0.25, -0.2) is 12.7 Å². The zero-order valence-electron chi connectivity index (χ0n) is 13.5. The molecule has 0 saturated carbocycles. The molecule has 2 amide bonds. The first-order valence-electron chi connectivity index (χ1n) is 7.28. The second kappa shape index (κ2) is 5.45. The number of sulfonamides is 1. The fraction of sp³-hybridized carbons (Fsp3) is 0.176. The fourth-order valence-corrected chi connectivity index (χ4v) is 4.00. The Morgan fingerprint density at radius 3 is 2.33 bits per heavy atom. The molecule has 24 heavy (non-hydrogen) atoms. The summed E-state index contributed by atoms with van der Waals surface area (Å²) in [6.45, 7) is 3.76. The maximum absolute atomic E-state index is 12.5. The fourth-order valence-electron chi connectivity index (χ4n) is 2.68. The van der Waals surface area contributed by atoms with Crippen molar-refractivity contribution in [1.82, 2.24) is 4.31 Å². The van der Waals surface area contributed by atoms with Gasteiger partial charge in [-0.1, -0.05) is 18.2 Å². The topological polar surface area (TPSA) is 83.6 Å². The molecule has 2 aromatic carbocycles. The summed E-state index contributed by atoms with van der Waals surface area (Å²) in [5.41, 5.74) is 2.78. The average molecular weight is 344 g/mol. The lowest BCUT2D eigenvalue weighted by atomic mass is 10.1. The highest BCUT2D eigenvalue weighted by molar-refractivity contribution is 7.90. The van der Waals surface area contributed by atoms with Crippen LogP contribution in [0.4, 0.5) is 5.69 Å². The molecule has 0 bridgehead atoms. The molecule has 6 nitrogen and oxygen atoms in total. The number of carbonyl (C=O) groups is 2. The van der Waals surface area contributed by atoms with E-state index < -0.39 is 21.8 Å². The van der Waals surface area contributed by atoms with Crippen LogP contribution in [0.2, 0.25) is 0 Å². The molecule has 0 aromatic heterocycles. The van der Waals surface area contributed by atoms with Crippen LogP contribution < -0.4 is 5.32 Å². The third-order valence-corrected chi connectivity index (χ3v) is 5.90. The molecular weight excluding hydrogens is 328 g/mol. The summed E-state index contributed by atoms with van der Waals surface area (Å²) < 4.78 is 25.1. The van der Waals surface area contributed by atoms with Gasteiger partial charge in [0.05, 0.1) is 5.56 Å². The van der Waals surface area contributed by atoms with E-state index in [1.807, 2.05) is 32.0 Å². The lowest BCUT2D eigenvalue weighted by Gasteiger charge is -2.11. The minimum absolute atomic E-state index is 0.0844. The zero-order chi connectivity index (χ0) is 17.6. The van der Waals surface area contributed by atoms with Gasteiger partial charge in [0.1, 0.15) is 4.90 Å². The van der Waals surface area contributed by atoms with Crippen LogP contribution in [-0.2, 0) is 10.0 Å². The van der Waals surface area contributed by atoms with Crippen LogP contribution in [0.5, 0.6) is 0 Å². The highest BCUT2D eigenvalue weighted by atomic mass is 32.2. The first kappa shape index (κ1) is 16.2. The van der Waals surface area contributed by atoms with Crippen LogP contribution in [0.3, 0.4) is 0 Å². The van der Waals surface area contributed by atoms with Crippen LogP contribution in [0, 0.1) is 13.8 Å². The molecule has 0 radical (unpaired) electrons. The highest BCUT2D eigenvalue weighted by Gasteiger charge is 2.38. The van der Waals surface area contributed by atoms with Crippen molar-refractivity contribution in [1.29, 1.82) is 0 Å². The molecule has 0 spiro atoms. The largest absolute Gasteiger partial charge is 0.322 e. The van der Waals surface area contributed by atoms with E-state index in [1.54, 1.807) is 0 Å². The maximum Gasteiger partial charge on any atom is 0.268 e. The average Bonchev–Trinajstić information content (AvgIpc) is 2.72. The van der Waals surface area contributed by atoms with Crippen molar-refractivity contribution in [2.45, 2.75) is 18.7 Å². The molecule has 1 N–H and O–H groups in total. The van der Waals surface area contributed by atoms with Crippen molar-refractivity contribution in [2.24, 2.45) is 0 Å². The van der Waals surface area contributed by atoms with Gasteiger partial charge in [-0.3, -0.25) is 9.59 Å². The molecule has 1 aliphatic heterocycles. The molecule has 0 fully saturated rings. The number of anilines is 1. The lowest BCUT2D eigenvalue weighted by molar-refractivity contribution is 0.0890. The van der Waals surface area contributed by atoms with Gasteiger partial charge in [-0.2, -0.15) is 0 Å². The van der Waals surface area contributed by atoms with Crippen molar-refractivity contribution in [3.8, 4) is 0 Å². The first-order valence-corrected chi connectivity index (χ1v) is 8.72. The molecule has 124 valence electrons. The van der Waals surface area contributed by atoms with E-state index in [4.69, 9.17) is 0 Å². The van der Waals surface area contributed by atoms with Crippen molar-refractivity contribution < 1.29 is 18.0 Å². The number of fused-ring (bicyclic) bond motifs is 1. The predicted octanol–water partition coefficient (Wildman–Crippen LogP) is 2.33. The summed E-state index contributed by atoms with van der Waals surface area (Å²) in [4.78, 5) is 24.3. The molecule has 2 aromatic rings. The van der Waals surface area contributed by atoms with Gasteiger partial charge in [-0.15, -0.1) is 0 Å². The lowest BCUT2D eigenvalue weighted by Crippen LogP contribution is -2.24. The van der Waals surface area contributed by atoms with Crippen LogP contribution in [0.1, 0.15) is 31.8 Å². The Labute approximate surface area is 140 Å². The number of carbonyl (C=O) groups excluding carboxylic acids is 2. The van der Waals surface area contributed by atoms with Crippen LogP contribution >= 0.6 is 0 Å². The van der Waals surface area contributed by atoms with Gasteiger partial charge >= 0.3 is 0 Å². The van der Waals surface area contributed by atoms with E-state index in [9.17, 15) is 18.0 Å². The van der Waals surface area contributed by atoms with E-state index >= 15 is 0 Å². The van der Waals surface area contributed by atoms with E-state index in [2.05, 4.69) is 5.32 Å². The summed E-state index contributed by atoms with van der Waals surface area (Å²) >= 11 is 0. The molecule has 1 heterocycles. The number of hydrogen-bond donors (Lipinski definition) is 1. The molecule has 0 saturated heterocycles. The Morgan fingerprint density at radius 1 is 1.08 bits per heavy atom. The second-order valence-electron chi connectivity index (χ2n) is 5.71. The monoisotopic (exact) mass is 344 g/mol. The van der Waals surface area contributed by atoms with Crippen molar-refractivity contribution >= 4 is 27.5 Å². The minimum Gasteiger partial charge on any atom is -0.322 e. The smallest absolute Gasteiger partial charge is 0.268 e. The predicted molar refractivity (Wildman–Crippen MR) is 89.6 cm³/mol. The van der Waals surface area contributed by atoms with Gasteiger partial charge in [-0.05, 0) is 43.2 Å². The third-order valence-electron chi connectivity index (χ3n) is 4.12. The van der Waals surface area contributed by atoms with Gasteiger partial charge < -0.3 is 5.32 Å². The molecule has 0 unspecified atom stereocenters. The molecule has 7 heteroatoms. The summed E-state index contributed by atoms with van der Waals surface area (Å²) in [7, 11) is -2.67. The summed E-state index contributed by atoms with van der Waals surface area (Å²) in [6.07, 6.45) is 0. The quantitative estimate of drug-likeness (QED) is 0.906. The normalized spacial score (nSPS) is 15.3. The van der Waals surface area contributed by atoms with E-state index in [0.29, 0.717) is 9.99 Å². The van der Waals surface area contributed by atoms with E-state index in [-0.39, 0.29) is 16.0 Å². The zero-order valence-corrected chi connectivity index (χ0v) is 14.3. The second-order valence-corrected chi connectivity index (χ2v) is 7.65. The summed E-state index contributed by atoms with van der Waals surface area (Å²) in [5, 5.41) is 2.80. The molecule has 0 aliphatic carbocycles. The van der Waals surface area contributed by atoms with Gasteiger partial charge in [0, 0.05) is 18.3 Å². The Morgan fingerprint density at radius 2 is 1.71 bits per heavy atom. The van der Waals surface area contributed by atoms with Crippen LogP contribution in [0.25, 0.3) is 0 Å². The van der Waals surface area contributed by atoms with Gasteiger partial charge in [0.25, 0.3) is 21.8 Å². The van der Waals surface area contributed by atoms with Crippen molar-refractivity contribution in [2.75, 3.05) is 12.4 Å². The van der Waals surface area contributed by atoms with Crippen LogP contribution in [-0.4, -0.2) is 31.6 Å². The highest BCUT2D eigenvalue weighted by Crippen LogP contribution is 2.30. The molecular formula is C17H16N2O4S. The number of benzene rings is 2. The number of nitrogens with one attached hydrogen (secondary N) is 1. The standard InChI is InChI=1S/C17H16N2O4S/c1-10-5-4-6-11(2)15(10)18-16(20)12-7-8-13-14(9-12)24(22,23)19(3)17(13)21/h4-9H,1-3H3,(H,18,20). The number of amides is 2. The SMILES string of the molecule is Cc1cccc(C)c1NC(=O)c1ccc2c(c1)S(=O)(=O)N(C)C2=O. The Kier molecular flexibility index (Phi) is 3.68. The Balaban J connectivity index is 2.00. The van der Waals surface area contributed by atoms with Gasteiger partial charge in [0.2, 0.25) is 0 Å². The van der Waals surface area contributed by atoms with E-state index in [1.165, 1.54) is 25.2 Å². The summed E-state index contributed by atoms with van der Waals surface area (Å²) in [6, 6.07) is 9.72. The number of aryl methyl sites for hydroxylation is 2. The number of hydrogen-bond acceptors (Lipinski definition) is 4. The van der Waals surface area contributed by atoms with Crippen molar-refractivity contribution in [3.05, 3.63) is 58.7 Å². The molecule has 1 aliphatic rings. The number of nitrogens with zero attached hydrogens (tertiary/aromatic N) is 1. The third kappa shape index (κ3) is 2.37. The molecule has 0 atom stereocenters. The summed E-state index contributed by atoms with van der Waals surface area (Å²) in [5.74, 6) is -1.01. The first-order chi connectivity index (χ1) is 11.2. The van der Waals surface area contributed by atoms with Crippen molar-refractivity contribution in [3.63, 3.8) is 0 Å². The van der Waals surface area contributed by atoms with E-state index in [0.717, 1.165) is 11.1 Å². The number of rotatable bonds is 2. The maximum atomic E-state index is 12.5. The number of para-hydroxylation sites is 1. The van der Waals surface area contributed by atoms with Crippen LogP contribution in [0.15, 0.2) is 41.3 Å². The van der Waals surface area contributed by atoms with Gasteiger partial charge in [0.15, 0.2) is 0 Å².